The summed E-state index contributed by atoms with van der Waals surface area (Å²) in [7, 11) is -3.63. The van der Waals surface area contributed by atoms with E-state index < -0.39 is 27.6 Å². The molecule has 0 saturated carbocycles. The van der Waals surface area contributed by atoms with Gasteiger partial charge in [-0.2, -0.15) is 8.78 Å². The lowest BCUT2D eigenvalue weighted by atomic mass is 10.1. The fourth-order valence-electron chi connectivity index (χ4n) is 3.86. The van der Waals surface area contributed by atoms with Crippen LogP contribution in [0.4, 0.5) is 14.5 Å². The molecule has 0 bridgehead atoms. The Morgan fingerprint density at radius 2 is 1.85 bits per heavy atom. The molecule has 0 atom stereocenters. The molecule has 0 amide bonds. The molecule has 8 nitrogen and oxygen atoms in total. The van der Waals surface area contributed by atoms with Gasteiger partial charge in [0.2, 0.25) is 15.9 Å². The normalized spacial score (nSPS) is 15.8. The summed E-state index contributed by atoms with van der Waals surface area (Å²) < 4.78 is 59.0. The van der Waals surface area contributed by atoms with E-state index >= 15 is 0 Å². The largest absolute Gasteiger partial charge is 0.415 e. The van der Waals surface area contributed by atoms with Gasteiger partial charge in [0.25, 0.3) is 5.89 Å². The smallest absolute Gasteiger partial charge is 0.314 e. The highest BCUT2D eigenvalue weighted by molar-refractivity contribution is 7.93. The average Bonchev–Trinajstić information content (AvgIpc) is 3.34. The number of rotatable bonds is 8. The molecule has 176 valence electrons. The molecule has 11 heteroatoms. The van der Waals surface area contributed by atoms with E-state index in [9.17, 15) is 17.2 Å². The third-order valence-electron chi connectivity index (χ3n) is 5.76. The quantitative estimate of drug-likeness (QED) is 0.486. The van der Waals surface area contributed by atoms with Crippen molar-refractivity contribution in [3.63, 3.8) is 0 Å². The molecule has 2 aromatic heterocycles. The van der Waals surface area contributed by atoms with Gasteiger partial charge in [-0.15, -0.1) is 10.2 Å². The number of piperidine rings is 1. The highest BCUT2D eigenvalue weighted by atomic mass is 32.2. The van der Waals surface area contributed by atoms with E-state index in [1.807, 2.05) is 6.07 Å². The maximum Gasteiger partial charge on any atom is 0.314 e. The van der Waals surface area contributed by atoms with E-state index in [4.69, 9.17) is 4.42 Å². The van der Waals surface area contributed by atoms with Crippen LogP contribution < -0.4 is 4.31 Å². The van der Waals surface area contributed by atoms with Gasteiger partial charge in [-0.1, -0.05) is 25.1 Å². The lowest BCUT2D eigenvalue weighted by Gasteiger charge is -2.34. The molecule has 1 saturated heterocycles. The number of pyridine rings is 1. The van der Waals surface area contributed by atoms with Crippen LogP contribution in [0, 0.1) is 0 Å². The molecule has 0 radical (unpaired) electrons. The van der Waals surface area contributed by atoms with Gasteiger partial charge in [-0.05, 0) is 56.7 Å². The fourth-order valence-corrected chi connectivity index (χ4v) is 5.75. The van der Waals surface area contributed by atoms with Crippen molar-refractivity contribution in [2.75, 3.05) is 23.9 Å². The van der Waals surface area contributed by atoms with Crippen molar-refractivity contribution in [3.8, 4) is 11.5 Å². The van der Waals surface area contributed by atoms with Crippen molar-refractivity contribution in [2.24, 2.45) is 0 Å². The SMILES string of the molecule is CCN1CCC(S(=O)(=O)N(Cc2ccc(-c3nnc(C(F)F)o3)cn2)c2ccccc2)CC1. The minimum absolute atomic E-state index is 0.0483. The van der Waals surface area contributed by atoms with Crippen molar-refractivity contribution in [3.05, 3.63) is 60.2 Å². The van der Waals surface area contributed by atoms with Crippen LogP contribution >= 0.6 is 0 Å². The van der Waals surface area contributed by atoms with Crippen LogP contribution in [-0.2, 0) is 16.6 Å². The number of aromatic nitrogens is 3. The van der Waals surface area contributed by atoms with Crippen LogP contribution in [0.25, 0.3) is 11.5 Å². The molecule has 0 spiro atoms. The first kappa shape index (κ1) is 23.2. The van der Waals surface area contributed by atoms with E-state index in [2.05, 4.69) is 27.0 Å². The van der Waals surface area contributed by atoms with Crippen molar-refractivity contribution >= 4 is 15.7 Å². The third kappa shape index (κ3) is 5.19. The van der Waals surface area contributed by atoms with Crippen LogP contribution in [0.2, 0.25) is 0 Å². The van der Waals surface area contributed by atoms with E-state index in [1.165, 1.54) is 10.5 Å². The topological polar surface area (TPSA) is 92.4 Å². The van der Waals surface area contributed by atoms with Crippen molar-refractivity contribution in [2.45, 2.75) is 38.0 Å². The summed E-state index contributed by atoms with van der Waals surface area (Å²) in [5, 5.41) is 6.46. The Morgan fingerprint density at radius 1 is 1.12 bits per heavy atom. The number of para-hydroxylation sites is 1. The number of nitrogens with zero attached hydrogens (tertiary/aromatic N) is 5. The van der Waals surface area contributed by atoms with Gasteiger partial charge < -0.3 is 9.32 Å². The van der Waals surface area contributed by atoms with Crippen molar-refractivity contribution in [1.82, 2.24) is 20.1 Å². The summed E-state index contributed by atoms with van der Waals surface area (Å²) in [4.78, 5) is 6.58. The first-order valence-corrected chi connectivity index (χ1v) is 12.2. The zero-order valence-corrected chi connectivity index (χ0v) is 19.0. The standard InChI is InChI=1S/C22H25F2N5O3S/c1-2-28-12-10-19(11-13-28)33(30,31)29(18-6-4-3-5-7-18)15-17-9-8-16(14-25-17)21-26-27-22(32-21)20(23)24/h3-9,14,19-20H,2,10-13,15H2,1H3. The van der Waals surface area contributed by atoms with Gasteiger partial charge in [-0.3, -0.25) is 9.29 Å². The van der Waals surface area contributed by atoms with Gasteiger partial charge in [-0.25, -0.2) is 8.42 Å². The maximum absolute atomic E-state index is 13.6. The summed E-state index contributed by atoms with van der Waals surface area (Å²) in [6.45, 7) is 4.53. The van der Waals surface area contributed by atoms with Gasteiger partial charge >= 0.3 is 6.43 Å². The zero-order valence-electron chi connectivity index (χ0n) is 18.1. The maximum atomic E-state index is 13.6. The number of alkyl halides is 2. The lowest BCUT2D eigenvalue weighted by molar-refractivity contribution is 0.116. The number of likely N-dealkylation sites (tertiary alicyclic amines) is 1. The molecule has 33 heavy (non-hydrogen) atoms. The van der Waals surface area contributed by atoms with Gasteiger partial charge in [0.05, 0.1) is 28.7 Å². The van der Waals surface area contributed by atoms with Crippen LogP contribution in [0.5, 0.6) is 0 Å². The Kier molecular flexibility index (Phi) is 6.99. The van der Waals surface area contributed by atoms with Crippen LogP contribution in [0.1, 0.15) is 37.8 Å². The Bertz CT molecular complexity index is 1150. The second-order valence-electron chi connectivity index (χ2n) is 7.81. The minimum Gasteiger partial charge on any atom is -0.415 e. The van der Waals surface area contributed by atoms with Crippen LogP contribution in [-0.4, -0.2) is 53.4 Å². The van der Waals surface area contributed by atoms with Crippen molar-refractivity contribution in [1.29, 1.82) is 0 Å². The number of sulfonamides is 1. The summed E-state index contributed by atoms with van der Waals surface area (Å²) in [6, 6.07) is 12.2. The summed E-state index contributed by atoms with van der Waals surface area (Å²) in [6.07, 6.45) is -0.286. The van der Waals surface area contributed by atoms with Gasteiger partial charge in [0.1, 0.15) is 0 Å². The molecule has 3 aromatic rings. The Labute approximate surface area is 191 Å². The Morgan fingerprint density at radius 3 is 2.42 bits per heavy atom. The molecule has 4 rings (SSSR count). The zero-order chi connectivity index (χ0) is 23.4. The third-order valence-corrected chi connectivity index (χ3v) is 8.03. The predicted octanol–water partition coefficient (Wildman–Crippen LogP) is 3.89. The minimum atomic E-state index is -3.63. The monoisotopic (exact) mass is 477 g/mol. The second-order valence-corrected chi connectivity index (χ2v) is 9.94. The molecule has 0 unspecified atom stereocenters. The van der Waals surface area contributed by atoms with Crippen LogP contribution in [0.15, 0.2) is 53.1 Å². The number of hydrogen-bond acceptors (Lipinski definition) is 7. The highest BCUT2D eigenvalue weighted by Crippen LogP contribution is 2.28. The number of halogens is 2. The summed E-state index contributed by atoms with van der Waals surface area (Å²) in [5.74, 6) is -0.830. The number of benzene rings is 1. The molecule has 1 aliphatic rings. The molecular formula is C22H25F2N5O3S. The van der Waals surface area contributed by atoms with E-state index in [0.29, 0.717) is 29.8 Å². The first-order chi connectivity index (χ1) is 15.9. The Balaban J connectivity index is 1.57. The average molecular weight is 478 g/mol. The molecule has 3 heterocycles. The predicted molar refractivity (Wildman–Crippen MR) is 119 cm³/mol. The fraction of sp³-hybridized carbons (Fsp3) is 0.409. The lowest BCUT2D eigenvalue weighted by Crippen LogP contribution is -2.45. The molecular weight excluding hydrogens is 452 g/mol. The molecule has 1 aromatic carbocycles. The summed E-state index contributed by atoms with van der Waals surface area (Å²) in [5.41, 5.74) is 1.45. The second kappa shape index (κ2) is 9.92. The summed E-state index contributed by atoms with van der Waals surface area (Å²) >= 11 is 0. The molecule has 1 aliphatic heterocycles. The van der Waals surface area contributed by atoms with E-state index in [0.717, 1.165) is 19.6 Å². The highest BCUT2D eigenvalue weighted by Gasteiger charge is 2.35. The first-order valence-electron chi connectivity index (χ1n) is 10.7. The molecule has 1 fully saturated rings. The van der Waals surface area contributed by atoms with E-state index in [-0.39, 0.29) is 12.4 Å². The molecule has 0 N–H and O–H groups in total. The Hall–Kier alpha value is -2.92. The van der Waals surface area contributed by atoms with Gasteiger partial charge in [0, 0.05) is 6.20 Å². The number of anilines is 1. The van der Waals surface area contributed by atoms with E-state index in [1.54, 1.807) is 36.4 Å². The van der Waals surface area contributed by atoms with Crippen LogP contribution in [0.3, 0.4) is 0 Å². The molecule has 0 aliphatic carbocycles. The number of hydrogen-bond donors (Lipinski definition) is 0. The van der Waals surface area contributed by atoms with Crippen molar-refractivity contribution < 1.29 is 21.6 Å². The van der Waals surface area contributed by atoms with Gasteiger partial charge in [0.15, 0.2) is 0 Å².